The van der Waals surface area contributed by atoms with E-state index in [9.17, 15) is 9.59 Å². The molecule has 0 unspecified atom stereocenters. The molecule has 1 aliphatic rings. The van der Waals surface area contributed by atoms with Crippen molar-refractivity contribution in [2.45, 2.75) is 26.6 Å². The van der Waals surface area contributed by atoms with Gasteiger partial charge in [0, 0.05) is 31.3 Å². The van der Waals surface area contributed by atoms with Gasteiger partial charge in [-0.1, -0.05) is 12.1 Å². The first kappa shape index (κ1) is 15.9. The Bertz CT molecular complexity index is 809. The topological polar surface area (TPSA) is 77.8 Å². The molecule has 3 rings (SSSR count). The van der Waals surface area contributed by atoms with E-state index in [1.54, 1.807) is 0 Å². The van der Waals surface area contributed by atoms with Crippen LogP contribution < -0.4 is 5.32 Å². The van der Waals surface area contributed by atoms with Gasteiger partial charge in [0.1, 0.15) is 11.5 Å². The fourth-order valence-electron chi connectivity index (χ4n) is 2.33. The van der Waals surface area contributed by atoms with Crippen molar-refractivity contribution in [1.29, 1.82) is 0 Å². The van der Waals surface area contributed by atoms with E-state index in [0.717, 1.165) is 11.3 Å². The second-order valence-electron chi connectivity index (χ2n) is 5.84. The highest BCUT2D eigenvalue weighted by atomic mass is 16.7. The van der Waals surface area contributed by atoms with Gasteiger partial charge in [0.2, 0.25) is 0 Å². The Kier molecular flexibility index (Phi) is 3.89. The average Bonchev–Trinajstić information content (AvgIpc) is 2.92. The molecular formula is C18H17NO5. The van der Waals surface area contributed by atoms with E-state index < -0.39 is 17.7 Å². The molecule has 0 atom stereocenters. The van der Waals surface area contributed by atoms with Crippen molar-refractivity contribution in [2.24, 2.45) is 0 Å². The number of nitrogens with one attached hydrogen (secondary N) is 1. The molecule has 124 valence electrons. The van der Waals surface area contributed by atoms with Crippen molar-refractivity contribution in [3.63, 3.8) is 0 Å². The number of para-hydroxylation sites is 1. The summed E-state index contributed by atoms with van der Waals surface area (Å²) in [6, 6.07) is 11.1. The number of rotatable bonds is 3. The van der Waals surface area contributed by atoms with Crippen LogP contribution in [-0.4, -0.2) is 17.7 Å². The largest absolute Gasteiger partial charge is 0.461 e. The summed E-state index contributed by atoms with van der Waals surface area (Å²) in [5, 5.41) is 2.96. The Morgan fingerprint density at radius 1 is 1.00 bits per heavy atom. The lowest BCUT2D eigenvalue weighted by Gasteiger charge is -2.29. The predicted molar refractivity (Wildman–Crippen MR) is 86.8 cm³/mol. The smallest absolute Gasteiger partial charge is 0.350 e. The number of carbonyl (C=O) groups excluding carboxylic acids is 2. The molecule has 6 nitrogen and oxygen atoms in total. The fraction of sp³-hybridized carbons (Fsp3) is 0.222. The molecule has 1 aliphatic heterocycles. The first-order valence-electron chi connectivity index (χ1n) is 7.45. The zero-order valence-corrected chi connectivity index (χ0v) is 13.6. The molecule has 0 spiro atoms. The van der Waals surface area contributed by atoms with Crippen LogP contribution in [-0.2, 0) is 19.1 Å². The van der Waals surface area contributed by atoms with Gasteiger partial charge in [-0.25, -0.2) is 9.59 Å². The molecule has 0 aliphatic carbocycles. The molecule has 6 heteroatoms. The van der Waals surface area contributed by atoms with Crippen molar-refractivity contribution >= 4 is 17.6 Å². The third-order valence-electron chi connectivity index (χ3n) is 3.42. The van der Waals surface area contributed by atoms with Crippen molar-refractivity contribution in [2.75, 3.05) is 5.32 Å². The molecule has 0 radical (unpaired) electrons. The molecule has 0 amide bonds. The Morgan fingerprint density at radius 2 is 1.67 bits per heavy atom. The highest BCUT2D eigenvalue weighted by Crippen LogP contribution is 2.30. The summed E-state index contributed by atoms with van der Waals surface area (Å²) >= 11 is 0. The van der Waals surface area contributed by atoms with Gasteiger partial charge < -0.3 is 19.2 Å². The van der Waals surface area contributed by atoms with Gasteiger partial charge in [-0.15, -0.1) is 0 Å². The van der Waals surface area contributed by atoms with Gasteiger partial charge >= 0.3 is 11.9 Å². The van der Waals surface area contributed by atoms with Crippen LogP contribution in [0.15, 0.2) is 52.6 Å². The molecule has 24 heavy (non-hydrogen) atoms. The molecule has 1 aromatic carbocycles. The minimum Gasteiger partial charge on any atom is -0.461 e. The molecular weight excluding hydrogens is 310 g/mol. The Balaban J connectivity index is 1.87. The summed E-state index contributed by atoms with van der Waals surface area (Å²) in [6.07, 6.45) is 1.29. The zero-order chi connectivity index (χ0) is 17.3. The minimum atomic E-state index is -1.25. The van der Waals surface area contributed by atoms with Gasteiger partial charge in [0.15, 0.2) is 5.57 Å². The Hall–Kier alpha value is -3.02. The standard InChI is InChI=1S/C18H17NO5/c1-11-8-9-15(22-11)12-6-4-5-7-14(12)19-10-13-16(20)23-18(2,3)24-17(13)21/h4-10,19H,1-3H3. The average molecular weight is 327 g/mol. The molecule has 2 heterocycles. The first-order chi connectivity index (χ1) is 11.4. The maximum Gasteiger partial charge on any atom is 0.350 e. The lowest BCUT2D eigenvalue weighted by Crippen LogP contribution is -2.42. The molecule has 2 aromatic rings. The summed E-state index contributed by atoms with van der Waals surface area (Å²) in [7, 11) is 0. The van der Waals surface area contributed by atoms with Gasteiger partial charge in [-0.05, 0) is 31.2 Å². The van der Waals surface area contributed by atoms with Crippen molar-refractivity contribution < 1.29 is 23.5 Å². The number of hydrogen-bond donors (Lipinski definition) is 1. The molecule has 0 bridgehead atoms. The van der Waals surface area contributed by atoms with Crippen LogP contribution in [0, 0.1) is 6.92 Å². The summed E-state index contributed by atoms with van der Waals surface area (Å²) in [5.74, 6) is -1.23. The predicted octanol–water partition coefficient (Wildman–Crippen LogP) is 3.39. The van der Waals surface area contributed by atoms with Crippen LogP contribution in [0.4, 0.5) is 5.69 Å². The summed E-state index contributed by atoms with van der Waals surface area (Å²) in [4.78, 5) is 23.9. The van der Waals surface area contributed by atoms with Gasteiger partial charge in [0.25, 0.3) is 5.79 Å². The molecule has 0 saturated carbocycles. The molecule has 1 aromatic heterocycles. The maximum absolute atomic E-state index is 11.9. The van der Waals surface area contributed by atoms with Crippen molar-refractivity contribution in [3.05, 3.63) is 53.9 Å². The molecule has 1 saturated heterocycles. The molecule has 1 N–H and O–H groups in total. The van der Waals surface area contributed by atoms with E-state index in [1.165, 1.54) is 20.0 Å². The fourth-order valence-corrected chi connectivity index (χ4v) is 2.33. The van der Waals surface area contributed by atoms with E-state index in [2.05, 4.69) is 5.32 Å². The number of hydrogen-bond acceptors (Lipinski definition) is 6. The maximum atomic E-state index is 11.9. The highest BCUT2D eigenvalue weighted by molar-refractivity contribution is 6.15. The number of anilines is 1. The molecule has 1 fully saturated rings. The second-order valence-corrected chi connectivity index (χ2v) is 5.84. The lowest BCUT2D eigenvalue weighted by molar-refractivity contribution is -0.222. The van der Waals surface area contributed by atoms with Gasteiger partial charge in [-0.2, -0.15) is 0 Å². The third kappa shape index (κ3) is 3.17. The van der Waals surface area contributed by atoms with Crippen LogP contribution in [0.2, 0.25) is 0 Å². The second kappa shape index (κ2) is 5.88. The number of ether oxygens (including phenoxy) is 2. The summed E-state index contributed by atoms with van der Waals surface area (Å²) < 4.78 is 15.7. The Morgan fingerprint density at radius 3 is 2.29 bits per heavy atom. The number of benzene rings is 1. The van der Waals surface area contributed by atoms with Gasteiger partial charge in [0.05, 0.1) is 0 Å². The first-order valence-corrected chi connectivity index (χ1v) is 7.45. The third-order valence-corrected chi connectivity index (χ3v) is 3.42. The normalized spacial score (nSPS) is 16.4. The van der Waals surface area contributed by atoms with Crippen LogP contribution in [0.1, 0.15) is 19.6 Å². The van der Waals surface area contributed by atoms with Crippen molar-refractivity contribution in [1.82, 2.24) is 0 Å². The van der Waals surface area contributed by atoms with E-state index >= 15 is 0 Å². The SMILES string of the molecule is Cc1ccc(-c2ccccc2NC=C2C(=O)OC(C)(C)OC2=O)o1. The minimum absolute atomic E-state index is 0.195. The lowest BCUT2D eigenvalue weighted by atomic mass is 10.1. The van der Waals surface area contributed by atoms with Gasteiger partial charge in [-0.3, -0.25) is 0 Å². The van der Waals surface area contributed by atoms with Crippen LogP contribution >= 0.6 is 0 Å². The van der Waals surface area contributed by atoms with E-state index in [1.807, 2.05) is 43.3 Å². The van der Waals surface area contributed by atoms with Crippen molar-refractivity contribution in [3.8, 4) is 11.3 Å². The van der Waals surface area contributed by atoms with E-state index in [4.69, 9.17) is 13.9 Å². The summed E-state index contributed by atoms with van der Waals surface area (Å²) in [5.41, 5.74) is 1.30. The van der Waals surface area contributed by atoms with Crippen LogP contribution in [0.25, 0.3) is 11.3 Å². The number of furan rings is 1. The number of aryl methyl sites for hydroxylation is 1. The van der Waals surface area contributed by atoms with Crippen LogP contribution in [0.5, 0.6) is 0 Å². The van der Waals surface area contributed by atoms with E-state index in [0.29, 0.717) is 11.4 Å². The Labute approximate surface area is 139 Å². The van der Waals surface area contributed by atoms with E-state index in [-0.39, 0.29) is 5.57 Å². The number of esters is 2. The quantitative estimate of drug-likeness (QED) is 0.529. The zero-order valence-electron chi connectivity index (χ0n) is 13.6. The summed E-state index contributed by atoms with van der Waals surface area (Å²) in [6.45, 7) is 4.86. The number of carbonyl (C=O) groups is 2. The van der Waals surface area contributed by atoms with Crippen LogP contribution in [0.3, 0.4) is 0 Å². The number of cyclic esters (lactones) is 2. The monoisotopic (exact) mass is 327 g/mol. The highest BCUT2D eigenvalue weighted by Gasteiger charge is 2.38.